The molecule has 0 aliphatic heterocycles. The van der Waals surface area contributed by atoms with Crippen molar-refractivity contribution in [1.29, 1.82) is 0 Å². The van der Waals surface area contributed by atoms with Gasteiger partial charge in [0.1, 0.15) is 5.75 Å². The van der Waals surface area contributed by atoms with E-state index >= 15 is 0 Å². The molecule has 0 bridgehead atoms. The van der Waals surface area contributed by atoms with Gasteiger partial charge in [-0.1, -0.05) is 0 Å². The number of ether oxygens (including phenoxy) is 1. The summed E-state index contributed by atoms with van der Waals surface area (Å²) in [4.78, 5) is 31.7. The van der Waals surface area contributed by atoms with E-state index < -0.39 is 11.8 Å². The molecule has 2 aromatic heterocycles. The number of rotatable bonds is 4. The monoisotopic (exact) mass is 355 g/mol. The summed E-state index contributed by atoms with van der Waals surface area (Å²) in [5.41, 5.74) is 6.27. The molecule has 0 saturated heterocycles. The average molecular weight is 355 g/mol. The molecule has 1 aromatic carbocycles. The third kappa shape index (κ3) is 3.61. The summed E-state index contributed by atoms with van der Waals surface area (Å²) in [6.45, 7) is 0. The molecule has 0 unspecified atom stereocenters. The van der Waals surface area contributed by atoms with Crippen LogP contribution in [0.5, 0.6) is 5.75 Å². The van der Waals surface area contributed by atoms with Gasteiger partial charge in [-0.15, -0.1) is 5.10 Å². The van der Waals surface area contributed by atoms with Crippen LogP contribution < -0.4 is 15.1 Å². The number of primary amides is 1. The van der Waals surface area contributed by atoms with Crippen molar-refractivity contribution in [2.75, 3.05) is 7.11 Å². The predicted molar refractivity (Wildman–Crippen MR) is 90.6 cm³/mol. The van der Waals surface area contributed by atoms with Gasteiger partial charge in [0.05, 0.1) is 18.4 Å². The highest BCUT2D eigenvalue weighted by Crippen LogP contribution is 2.15. The average Bonchev–Trinajstić information content (AvgIpc) is 3.06. The highest BCUT2D eigenvalue weighted by atomic mass is 32.1. The first-order valence-electron chi connectivity index (χ1n) is 7.12. The molecule has 0 saturated carbocycles. The molecule has 25 heavy (non-hydrogen) atoms. The zero-order valence-electron chi connectivity index (χ0n) is 13.1. The number of nitrogens with zero attached hydrogens (tertiary/aromatic N) is 4. The number of amides is 2. The first kappa shape index (κ1) is 16.5. The van der Waals surface area contributed by atoms with Crippen molar-refractivity contribution in [3.05, 3.63) is 64.7 Å². The van der Waals surface area contributed by atoms with Crippen LogP contribution in [0, 0.1) is 0 Å². The second-order valence-electron chi connectivity index (χ2n) is 4.84. The zero-order chi connectivity index (χ0) is 17.8. The van der Waals surface area contributed by atoms with Gasteiger partial charge >= 0.3 is 0 Å². The molecule has 0 spiro atoms. The van der Waals surface area contributed by atoms with E-state index in [0.717, 1.165) is 11.5 Å². The van der Waals surface area contributed by atoms with Crippen LogP contribution in [-0.2, 0) is 0 Å². The summed E-state index contributed by atoms with van der Waals surface area (Å²) >= 11 is 1.03. The number of methoxy groups -OCH3 is 1. The number of carbonyl (C=O) groups excluding carboxylic acids is 2. The second kappa shape index (κ2) is 7.05. The molecular weight excluding hydrogens is 342 g/mol. The van der Waals surface area contributed by atoms with Crippen molar-refractivity contribution in [2.24, 2.45) is 10.7 Å². The Labute approximate surface area is 146 Å². The highest BCUT2D eigenvalue weighted by molar-refractivity contribution is 7.04. The Hall–Kier alpha value is -3.33. The normalized spacial score (nSPS) is 11.3. The molecule has 0 radical (unpaired) electrons. The molecule has 2 heterocycles. The van der Waals surface area contributed by atoms with Gasteiger partial charge < -0.3 is 10.5 Å². The lowest BCUT2D eigenvalue weighted by atomic mass is 10.3. The highest BCUT2D eigenvalue weighted by Gasteiger charge is 2.14. The first-order chi connectivity index (χ1) is 12.1. The molecule has 2 amide bonds. The number of aromatic nitrogens is 3. The van der Waals surface area contributed by atoms with Crippen molar-refractivity contribution in [3.8, 4) is 11.4 Å². The fourth-order valence-corrected chi connectivity index (χ4v) is 2.84. The lowest BCUT2D eigenvalue weighted by molar-refractivity contribution is 0.0994. The van der Waals surface area contributed by atoms with Crippen molar-refractivity contribution < 1.29 is 14.3 Å². The minimum absolute atomic E-state index is 0.0712. The van der Waals surface area contributed by atoms with Gasteiger partial charge in [-0.05, 0) is 47.9 Å². The van der Waals surface area contributed by atoms with Crippen LogP contribution in [0.2, 0.25) is 0 Å². The summed E-state index contributed by atoms with van der Waals surface area (Å²) in [7, 11) is 1.57. The maximum absolute atomic E-state index is 12.2. The van der Waals surface area contributed by atoms with Crippen molar-refractivity contribution in [3.63, 3.8) is 0 Å². The van der Waals surface area contributed by atoms with E-state index in [1.807, 2.05) is 0 Å². The van der Waals surface area contributed by atoms with E-state index in [0.29, 0.717) is 17.0 Å². The Morgan fingerprint density at radius 3 is 2.60 bits per heavy atom. The molecule has 3 aromatic rings. The standard InChI is InChI=1S/C16H13N5O3S/c1-24-12-6-4-11(5-7-12)21-20-13(14(17)22)16(25-21)19-15(23)10-3-2-8-18-9-10/h2-9H,1H3,(H2,17,22). The lowest BCUT2D eigenvalue weighted by Gasteiger charge is -2.01. The van der Waals surface area contributed by atoms with Gasteiger partial charge in [0, 0.05) is 12.4 Å². The van der Waals surface area contributed by atoms with E-state index in [1.165, 1.54) is 10.3 Å². The summed E-state index contributed by atoms with van der Waals surface area (Å²) in [6, 6.07) is 10.2. The lowest BCUT2D eigenvalue weighted by Crippen LogP contribution is -2.21. The Kier molecular flexibility index (Phi) is 4.66. The van der Waals surface area contributed by atoms with E-state index in [9.17, 15) is 9.59 Å². The van der Waals surface area contributed by atoms with Crippen molar-refractivity contribution in [2.45, 2.75) is 0 Å². The van der Waals surface area contributed by atoms with Gasteiger partial charge in [-0.3, -0.25) is 14.6 Å². The SMILES string of the molecule is COc1ccc(-n2nc(C(N)=O)c(=NC(=O)c3cccnc3)s2)cc1. The fraction of sp³-hybridized carbons (Fsp3) is 0.0625. The summed E-state index contributed by atoms with van der Waals surface area (Å²) in [6.07, 6.45) is 2.95. The number of benzene rings is 1. The minimum Gasteiger partial charge on any atom is -0.497 e. The molecule has 8 nitrogen and oxygen atoms in total. The van der Waals surface area contributed by atoms with Crippen LogP contribution >= 0.6 is 11.5 Å². The second-order valence-corrected chi connectivity index (χ2v) is 5.75. The van der Waals surface area contributed by atoms with E-state index in [1.54, 1.807) is 49.7 Å². The van der Waals surface area contributed by atoms with Gasteiger partial charge in [-0.2, -0.15) is 9.06 Å². The van der Waals surface area contributed by atoms with Crippen LogP contribution in [0.15, 0.2) is 53.8 Å². The van der Waals surface area contributed by atoms with Crippen LogP contribution in [0.4, 0.5) is 0 Å². The number of carbonyl (C=O) groups is 2. The molecule has 126 valence electrons. The fourth-order valence-electron chi connectivity index (χ4n) is 1.97. The predicted octanol–water partition coefficient (Wildman–Crippen LogP) is 1.18. The number of hydrogen-bond donors (Lipinski definition) is 1. The number of pyridine rings is 1. The Bertz CT molecular complexity index is 977. The Balaban J connectivity index is 2.04. The molecule has 9 heteroatoms. The van der Waals surface area contributed by atoms with Gasteiger partial charge in [0.15, 0.2) is 10.4 Å². The summed E-state index contributed by atoms with van der Waals surface area (Å²) in [5, 5.41) is 4.14. The smallest absolute Gasteiger partial charge is 0.280 e. The number of hydrogen-bond acceptors (Lipinski definition) is 6. The zero-order valence-corrected chi connectivity index (χ0v) is 13.9. The van der Waals surface area contributed by atoms with Crippen molar-refractivity contribution in [1.82, 2.24) is 14.2 Å². The largest absolute Gasteiger partial charge is 0.497 e. The van der Waals surface area contributed by atoms with Gasteiger partial charge in [0.2, 0.25) is 0 Å². The molecule has 0 aliphatic rings. The molecule has 0 aliphatic carbocycles. The topological polar surface area (TPSA) is 112 Å². The minimum atomic E-state index is -0.763. The first-order valence-corrected chi connectivity index (χ1v) is 7.90. The van der Waals surface area contributed by atoms with Gasteiger partial charge in [0.25, 0.3) is 11.8 Å². The molecular formula is C16H13N5O3S. The van der Waals surface area contributed by atoms with E-state index in [4.69, 9.17) is 10.5 Å². The van der Waals surface area contributed by atoms with E-state index in [-0.39, 0.29) is 10.4 Å². The van der Waals surface area contributed by atoms with Gasteiger partial charge in [-0.25, -0.2) is 0 Å². The number of nitrogens with two attached hydrogens (primary N) is 1. The van der Waals surface area contributed by atoms with Crippen molar-refractivity contribution >= 4 is 23.3 Å². The van der Waals surface area contributed by atoms with E-state index in [2.05, 4.69) is 15.1 Å². The Morgan fingerprint density at radius 1 is 1.24 bits per heavy atom. The van der Waals surface area contributed by atoms with Crippen LogP contribution in [0.3, 0.4) is 0 Å². The summed E-state index contributed by atoms with van der Waals surface area (Å²) < 4.78 is 6.71. The summed E-state index contributed by atoms with van der Waals surface area (Å²) in [5.74, 6) is -0.602. The maximum atomic E-state index is 12.2. The molecule has 0 fully saturated rings. The third-order valence-corrected chi connectivity index (χ3v) is 4.13. The quantitative estimate of drug-likeness (QED) is 0.755. The van der Waals surface area contributed by atoms with Crippen LogP contribution in [0.25, 0.3) is 5.69 Å². The molecule has 3 rings (SSSR count). The molecule has 2 N–H and O–H groups in total. The Morgan fingerprint density at radius 2 is 2.00 bits per heavy atom. The maximum Gasteiger partial charge on any atom is 0.280 e. The third-order valence-electron chi connectivity index (χ3n) is 3.20. The molecule has 0 atom stereocenters. The van der Waals surface area contributed by atoms with Crippen LogP contribution in [-0.4, -0.2) is 33.1 Å². The van der Waals surface area contributed by atoms with Crippen LogP contribution in [0.1, 0.15) is 20.8 Å².